The van der Waals surface area contributed by atoms with E-state index in [0.717, 1.165) is 11.8 Å². The van der Waals surface area contributed by atoms with Crippen LogP contribution in [0.4, 0.5) is 0 Å². The van der Waals surface area contributed by atoms with Crippen LogP contribution in [0.3, 0.4) is 0 Å². The molecule has 1 aliphatic rings. The molecule has 0 saturated heterocycles. The lowest BCUT2D eigenvalue weighted by molar-refractivity contribution is 0.311. The monoisotopic (exact) mass is 225 g/mol. The van der Waals surface area contributed by atoms with Gasteiger partial charge >= 0.3 is 0 Å². The van der Waals surface area contributed by atoms with Gasteiger partial charge in [-0.05, 0) is 31.1 Å². The number of hydrogen-bond acceptors (Lipinski definition) is 1. The fraction of sp³-hybridized carbons (Fsp3) is 1.00. The van der Waals surface area contributed by atoms with E-state index in [1.54, 1.807) is 0 Å². The highest BCUT2D eigenvalue weighted by molar-refractivity contribution is 4.71. The molecule has 96 valence electrons. The minimum Gasteiger partial charge on any atom is -0.328 e. The fourth-order valence-electron chi connectivity index (χ4n) is 3.17. The molecule has 0 aliphatic heterocycles. The van der Waals surface area contributed by atoms with Crippen molar-refractivity contribution in [2.24, 2.45) is 17.6 Å². The van der Waals surface area contributed by atoms with Crippen molar-refractivity contribution in [1.29, 1.82) is 0 Å². The molecule has 0 aromatic heterocycles. The third-order valence-electron chi connectivity index (χ3n) is 4.16. The van der Waals surface area contributed by atoms with E-state index in [1.165, 1.54) is 64.2 Å². The number of nitrogens with two attached hydrogens (primary N) is 1. The van der Waals surface area contributed by atoms with Crippen molar-refractivity contribution in [3.05, 3.63) is 0 Å². The van der Waals surface area contributed by atoms with Gasteiger partial charge in [0.1, 0.15) is 0 Å². The van der Waals surface area contributed by atoms with E-state index in [2.05, 4.69) is 13.8 Å². The van der Waals surface area contributed by atoms with Gasteiger partial charge in [-0.1, -0.05) is 58.8 Å². The number of hydrogen-bond donors (Lipinski definition) is 1. The highest BCUT2D eigenvalue weighted by Gasteiger charge is 2.15. The zero-order chi connectivity index (χ0) is 11.8. The van der Waals surface area contributed by atoms with E-state index < -0.39 is 0 Å². The van der Waals surface area contributed by atoms with Crippen molar-refractivity contribution in [1.82, 2.24) is 0 Å². The first-order chi connectivity index (χ1) is 7.72. The van der Waals surface area contributed by atoms with Crippen LogP contribution in [0, 0.1) is 11.8 Å². The van der Waals surface area contributed by atoms with Crippen LogP contribution in [-0.4, -0.2) is 6.04 Å². The highest BCUT2D eigenvalue weighted by Crippen LogP contribution is 2.28. The Balaban J connectivity index is 2.06. The average Bonchev–Trinajstić information content (AvgIpc) is 2.28. The Morgan fingerprint density at radius 3 is 2.44 bits per heavy atom. The first kappa shape index (κ1) is 14.0. The van der Waals surface area contributed by atoms with E-state index in [1.807, 2.05) is 0 Å². The molecule has 1 aliphatic carbocycles. The quantitative estimate of drug-likeness (QED) is 0.678. The zero-order valence-corrected chi connectivity index (χ0v) is 11.4. The highest BCUT2D eigenvalue weighted by atomic mass is 14.6. The largest absolute Gasteiger partial charge is 0.328 e. The second kappa shape index (κ2) is 8.11. The minimum atomic E-state index is 0.462. The molecule has 0 amide bonds. The Bertz CT molecular complexity index is 161. The molecular weight excluding hydrogens is 194 g/mol. The van der Waals surface area contributed by atoms with Gasteiger partial charge in [0.2, 0.25) is 0 Å². The van der Waals surface area contributed by atoms with Gasteiger partial charge in [0.05, 0.1) is 0 Å². The Kier molecular flexibility index (Phi) is 7.11. The molecule has 1 fully saturated rings. The molecule has 2 N–H and O–H groups in total. The van der Waals surface area contributed by atoms with E-state index >= 15 is 0 Å². The standard InChI is InChI=1S/C15H31N/c1-3-7-13(2)12-15(16)11-10-14-8-5-4-6-9-14/h13-15H,3-12,16H2,1-2H3. The van der Waals surface area contributed by atoms with E-state index in [-0.39, 0.29) is 0 Å². The third kappa shape index (κ3) is 5.89. The summed E-state index contributed by atoms with van der Waals surface area (Å²) < 4.78 is 0. The Hall–Kier alpha value is -0.0400. The van der Waals surface area contributed by atoms with E-state index in [0.29, 0.717) is 6.04 Å². The molecule has 0 aromatic carbocycles. The topological polar surface area (TPSA) is 26.0 Å². The van der Waals surface area contributed by atoms with Gasteiger partial charge in [0.15, 0.2) is 0 Å². The van der Waals surface area contributed by atoms with Crippen molar-refractivity contribution in [2.45, 2.75) is 84.1 Å². The molecule has 1 saturated carbocycles. The van der Waals surface area contributed by atoms with E-state index in [4.69, 9.17) is 5.73 Å². The molecule has 0 bridgehead atoms. The van der Waals surface area contributed by atoms with Crippen LogP contribution >= 0.6 is 0 Å². The third-order valence-corrected chi connectivity index (χ3v) is 4.16. The summed E-state index contributed by atoms with van der Waals surface area (Å²) >= 11 is 0. The van der Waals surface area contributed by atoms with Gasteiger partial charge in [-0.2, -0.15) is 0 Å². The van der Waals surface area contributed by atoms with Crippen molar-refractivity contribution in [3.63, 3.8) is 0 Å². The second-order valence-electron chi connectivity index (χ2n) is 5.97. The van der Waals surface area contributed by atoms with Crippen LogP contribution in [0.25, 0.3) is 0 Å². The van der Waals surface area contributed by atoms with Crippen molar-refractivity contribution in [2.75, 3.05) is 0 Å². The van der Waals surface area contributed by atoms with Gasteiger partial charge < -0.3 is 5.73 Å². The molecule has 0 spiro atoms. The molecule has 0 aromatic rings. The average molecular weight is 225 g/mol. The van der Waals surface area contributed by atoms with Gasteiger partial charge in [-0.15, -0.1) is 0 Å². The molecule has 0 heterocycles. The summed E-state index contributed by atoms with van der Waals surface area (Å²) in [5.41, 5.74) is 6.22. The first-order valence-electron chi connectivity index (χ1n) is 7.48. The van der Waals surface area contributed by atoms with Gasteiger partial charge in [-0.3, -0.25) is 0 Å². The Morgan fingerprint density at radius 2 is 1.81 bits per heavy atom. The van der Waals surface area contributed by atoms with Crippen LogP contribution in [0.15, 0.2) is 0 Å². The van der Waals surface area contributed by atoms with Crippen LogP contribution in [0.1, 0.15) is 78.1 Å². The second-order valence-corrected chi connectivity index (χ2v) is 5.97. The smallest absolute Gasteiger partial charge is 0.00414 e. The molecule has 1 rings (SSSR count). The van der Waals surface area contributed by atoms with Gasteiger partial charge in [-0.25, -0.2) is 0 Å². The summed E-state index contributed by atoms with van der Waals surface area (Å²) in [7, 11) is 0. The SMILES string of the molecule is CCCC(C)CC(N)CCC1CCCCC1. The summed E-state index contributed by atoms with van der Waals surface area (Å²) in [6, 6.07) is 0.462. The number of rotatable bonds is 7. The maximum absolute atomic E-state index is 6.22. The van der Waals surface area contributed by atoms with Crippen molar-refractivity contribution in [3.8, 4) is 0 Å². The Labute approximate surface area is 102 Å². The van der Waals surface area contributed by atoms with E-state index in [9.17, 15) is 0 Å². The predicted octanol–water partition coefficient (Wildman–Crippen LogP) is 4.50. The summed E-state index contributed by atoms with van der Waals surface area (Å²) in [6.45, 7) is 4.62. The molecule has 16 heavy (non-hydrogen) atoms. The summed E-state index contributed by atoms with van der Waals surface area (Å²) in [5.74, 6) is 1.83. The first-order valence-corrected chi connectivity index (χ1v) is 7.48. The van der Waals surface area contributed by atoms with Crippen LogP contribution in [-0.2, 0) is 0 Å². The molecule has 1 heteroatoms. The predicted molar refractivity (Wildman–Crippen MR) is 72.5 cm³/mol. The van der Waals surface area contributed by atoms with Crippen LogP contribution in [0.5, 0.6) is 0 Å². The van der Waals surface area contributed by atoms with Crippen molar-refractivity contribution < 1.29 is 0 Å². The molecule has 2 unspecified atom stereocenters. The maximum atomic E-state index is 6.22. The molecule has 0 radical (unpaired) electrons. The molecule has 2 atom stereocenters. The lowest BCUT2D eigenvalue weighted by atomic mass is 9.84. The normalized spacial score (nSPS) is 21.9. The lowest BCUT2D eigenvalue weighted by Gasteiger charge is -2.23. The summed E-state index contributed by atoms with van der Waals surface area (Å²) in [5, 5.41) is 0. The summed E-state index contributed by atoms with van der Waals surface area (Å²) in [6.07, 6.45) is 13.9. The minimum absolute atomic E-state index is 0.462. The van der Waals surface area contributed by atoms with Crippen LogP contribution in [0.2, 0.25) is 0 Å². The van der Waals surface area contributed by atoms with Gasteiger partial charge in [0, 0.05) is 6.04 Å². The summed E-state index contributed by atoms with van der Waals surface area (Å²) in [4.78, 5) is 0. The molecular formula is C15H31N. The fourth-order valence-corrected chi connectivity index (χ4v) is 3.17. The lowest BCUT2D eigenvalue weighted by Crippen LogP contribution is -2.24. The molecule has 1 nitrogen and oxygen atoms in total. The van der Waals surface area contributed by atoms with Crippen molar-refractivity contribution >= 4 is 0 Å². The maximum Gasteiger partial charge on any atom is 0.00414 e. The van der Waals surface area contributed by atoms with Gasteiger partial charge in [0.25, 0.3) is 0 Å². The zero-order valence-electron chi connectivity index (χ0n) is 11.4. The Morgan fingerprint density at radius 1 is 1.12 bits per heavy atom. The van der Waals surface area contributed by atoms with Crippen LogP contribution < -0.4 is 5.73 Å².